The Bertz CT molecular complexity index is 1230. The van der Waals surface area contributed by atoms with E-state index in [1.807, 2.05) is 42.5 Å². The highest BCUT2D eigenvalue weighted by molar-refractivity contribution is 6.09. The van der Waals surface area contributed by atoms with E-state index in [4.69, 9.17) is 9.47 Å². The van der Waals surface area contributed by atoms with Gasteiger partial charge in [0.25, 0.3) is 0 Å². The molecule has 0 saturated heterocycles. The van der Waals surface area contributed by atoms with Crippen molar-refractivity contribution >= 4 is 5.78 Å². The van der Waals surface area contributed by atoms with Crippen LogP contribution in [0.3, 0.4) is 0 Å². The minimum absolute atomic E-state index is 0.0218. The molecule has 4 nitrogen and oxygen atoms in total. The number of fused-ring (bicyclic) bond motifs is 3. The van der Waals surface area contributed by atoms with E-state index >= 15 is 0 Å². The summed E-state index contributed by atoms with van der Waals surface area (Å²) in [4.78, 5) is 11.3. The average Bonchev–Trinajstić information content (AvgIpc) is 3.33. The summed E-state index contributed by atoms with van der Waals surface area (Å²) in [7, 11) is 0. The van der Waals surface area contributed by atoms with Crippen LogP contribution in [0.4, 0.5) is 0 Å². The van der Waals surface area contributed by atoms with E-state index in [-0.39, 0.29) is 23.4 Å². The number of hydrogen-bond donors (Lipinski definition) is 1. The van der Waals surface area contributed by atoms with Gasteiger partial charge in [0.2, 0.25) is 0 Å². The molecule has 2 aliphatic heterocycles. The van der Waals surface area contributed by atoms with Crippen LogP contribution in [0, 0.1) is 17.8 Å². The third-order valence-electron chi connectivity index (χ3n) is 6.54. The Morgan fingerprint density at radius 2 is 1.86 bits per heavy atom. The summed E-state index contributed by atoms with van der Waals surface area (Å²) >= 11 is 0. The lowest BCUT2D eigenvalue weighted by Crippen LogP contribution is -2.33. The lowest BCUT2D eigenvalue weighted by Gasteiger charge is -2.35. The monoisotopic (exact) mass is 367 g/mol. The van der Waals surface area contributed by atoms with Gasteiger partial charge in [0.15, 0.2) is 0 Å². The molecule has 2 N–H and O–H groups in total. The molecule has 0 aromatic carbocycles. The Balaban J connectivity index is 1.48. The lowest BCUT2D eigenvalue weighted by molar-refractivity contribution is 0.303. The molecule has 2 heterocycles. The zero-order valence-electron chi connectivity index (χ0n) is 14.7. The molecule has 0 radical (unpaired) electrons. The van der Waals surface area contributed by atoms with Crippen LogP contribution >= 0.6 is 0 Å². The predicted molar refractivity (Wildman–Crippen MR) is 103 cm³/mol. The van der Waals surface area contributed by atoms with Gasteiger partial charge in [-0.15, -0.1) is 0 Å². The summed E-state index contributed by atoms with van der Waals surface area (Å²) in [6.45, 7) is 0. The second kappa shape index (κ2) is 4.65. The van der Waals surface area contributed by atoms with Gasteiger partial charge >= 0.3 is 5.78 Å². The third kappa shape index (κ3) is 1.52. The molecule has 7 rings (SSSR count). The van der Waals surface area contributed by atoms with Gasteiger partial charge in [-0.2, -0.15) is 0 Å². The summed E-state index contributed by atoms with van der Waals surface area (Å²) in [6, 6.07) is 0. The van der Waals surface area contributed by atoms with Crippen LogP contribution in [0.2, 0.25) is 0 Å². The van der Waals surface area contributed by atoms with Crippen LogP contribution < -0.4 is 0 Å². The molecule has 4 heteroatoms. The van der Waals surface area contributed by atoms with E-state index in [2.05, 4.69) is 6.08 Å². The number of rotatable bonds is 0. The van der Waals surface area contributed by atoms with Crippen LogP contribution in [0.15, 0.2) is 117 Å². The molecule has 0 amide bonds. The summed E-state index contributed by atoms with van der Waals surface area (Å²) in [5, 5.41) is 11.3. The zero-order valence-corrected chi connectivity index (χ0v) is 14.7. The molecule has 134 valence electrons. The Hall–Kier alpha value is -3.53. The van der Waals surface area contributed by atoms with Gasteiger partial charge in [-0.3, -0.25) is 4.79 Å². The van der Waals surface area contributed by atoms with Crippen LogP contribution in [-0.2, 0) is 9.47 Å². The smallest absolute Gasteiger partial charge is 0.336 e. The minimum Gasteiger partial charge on any atom is -0.507 e. The number of ketones is 1. The number of carbonyl (C=O) groups excluding carboxylic acids is 1. The van der Waals surface area contributed by atoms with E-state index in [1.54, 1.807) is 12.5 Å². The van der Waals surface area contributed by atoms with Crippen LogP contribution in [-0.4, -0.2) is 15.7 Å². The minimum atomic E-state index is -0.393. The van der Waals surface area contributed by atoms with Gasteiger partial charge in [-0.25, -0.2) is 0 Å². The van der Waals surface area contributed by atoms with E-state index in [0.29, 0.717) is 16.7 Å². The normalized spacial score (nSPS) is 32.7. The second-order valence-corrected chi connectivity index (χ2v) is 7.81. The highest BCUT2D eigenvalue weighted by Crippen LogP contribution is 2.54. The molecular weight excluding hydrogens is 352 g/mol. The topological polar surface area (TPSA) is 60.1 Å². The lowest BCUT2D eigenvalue weighted by atomic mass is 9.68. The fourth-order valence-corrected chi connectivity index (χ4v) is 5.34. The fraction of sp³-hybridized carbons (Fsp3) is 0.125. The standard InChI is InChI=1S/C24H14O4/c25-23-16-10-18-20-12(6-8-28-18)2-4-14(20)22(16)24(26)15-9-17-19-11(5-7-27-17)1-3-13(19)21(15)23/h1-11,20-21,26H/p+1. The Kier molecular flexibility index (Phi) is 2.41. The first-order valence-electron chi connectivity index (χ1n) is 9.41. The van der Waals surface area contributed by atoms with Gasteiger partial charge in [0, 0.05) is 22.6 Å². The highest BCUT2D eigenvalue weighted by Gasteiger charge is 2.50. The second-order valence-electron chi connectivity index (χ2n) is 7.81. The quantitative estimate of drug-likeness (QED) is 0.655. The highest BCUT2D eigenvalue weighted by atomic mass is 16.5. The van der Waals surface area contributed by atoms with Crippen molar-refractivity contribution in [3.05, 3.63) is 117 Å². The Morgan fingerprint density at radius 3 is 2.79 bits per heavy atom. The average molecular weight is 367 g/mol. The molecule has 28 heavy (non-hydrogen) atoms. The van der Waals surface area contributed by atoms with Gasteiger partial charge in [-0.05, 0) is 41.0 Å². The van der Waals surface area contributed by atoms with Crippen molar-refractivity contribution in [2.24, 2.45) is 17.8 Å². The zero-order chi connectivity index (χ0) is 18.6. The molecule has 5 aliphatic carbocycles. The SMILES string of the molecule is OC1=C2C=C3OC=CC4C=CC(=C34)C2C(=[OH+])C2=C1C1=CC=C3C=COC(=C2)C31. The van der Waals surface area contributed by atoms with Crippen molar-refractivity contribution in [1.29, 1.82) is 0 Å². The fourth-order valence-electron chi connectivity index (χ4n) is 5.34. The largest absolute Gasteiger partial charge is 0.507 e. The summed E-state index contributed by atoms with van der Waals surface area (Å²) in [6.07, 6.45) is 19.3. The van der Waals surface area contributed by atoms with Crippen LogP contribution in [0.25, 0.3) is 0 Å². The van der Waals surface area contributed by atoms with E-state index in [9.17, 15) is 9.90 Å². The van der Waals surface area contributed by atoms with E-state index in [0.717, 1.165) is 33.8 Å². The molecular formula is C24H15O4+. The van der Waals surface area contributed by atoms with Gasteiger partial charge < -0.3 is 14.6 Å². The summed E-state index contributed by atoms with van der Waals surface area (Å²) < 4.78 is 11.5. The predicted octanol–water partition coefficient (Wildman–Crippen LogP) is 4.12. The maximum Gasteiger partial charge on any atom is 0.336 e. The van der Waals surface area contributed by atoms with E-state index in [1.165, 1.54) is 0 Å². The van der Waals surface area contributed by atoms with Crippen LogP contribution in [0.5, 0.6) is 0 Å². The molecule has 3 unspecified atom stereocenters. The first kappa shape index (κ1) is 14.5. The summed E-state index contributed by atoms with van der Waals surface area (Å²) in [5.41, 5.74) is 6.17. The van der Waals surface area contributed by atoms with Crippen molar-refractivity contribution in [1.82, 2.24) is 0 Å². The molecule has 3 atom stereocenters. The number of aliphatic hydroxyl groups excluding tert-OH is 1. The van der Waals surface area contributed by atoms with Crippen molar-refractivity contribution in [2.45, 2.75) is 0 Å². The first-order chi connectivity index (χ1) is 13.7. The molecule has 0 fully saturated rings. The maximum atomic E-state index is 11.3. The molecule has 0 aromatic heterocycles. The number of allylic oxidation sites excluding steroid dienone is 14. The molecule has 7 aliphatic rings. The summed E-state index contributed by atoms with van der Waals surface area (Å²) in [5.74, 6) is 1.73. The number of ether oxygens (including phenoxy) is 2. The van der Waals surface area contributed by atoms with E-state index < -0.39 is 5.92 Å². The van der Waals surface area contributed by atoms with Gasteiger partial charge in [0.05, 0.1) is 24.0 Å². The van der Waals surface area contributed by atoms with Crippen molar-refractivity contribution in [3.8, 4) is 0 Å². The first-order valence-corrected chi connectivity index (χ1v) is 9.41. The van der Waals surface area contributed by atoms with Gasteiger partial charge in [0.1, 0.15) is 23.2 Å². The third-order valence-corrected chi connectivity index (χ3v) is 6.54. The van der Waals surface area contributed by atoms with Crippen molar-refractivity contribution < 1.29 is 19.4 Å². The molecule has 0 bridgehead atoms. The van der Waals surface area contributed by atoms with Crippen molar-refractivity contribution in [3.63, 3.8) is 0 Å². The molecule has 0 saturated carbocycles. The Morgan fingerprint density at radius 1 is 0.929 bits per heavy atom. The Labute approximate surface area is 160 Å². The van der Waals surface area contributed by atoms with Crippen molar-refractivity contribution in [2.75, 3.05) is 0 Å². The van der Waals surface area contributed by atoms with Gasteiger partial charge in [-0.1, -0.05) is 24.3 Å². The molecule has 0 spiro atoms. The van der Waals surface area contributed by atoms with Crippen LogP contribution in [0.1, 0.15) is 0 Å². The maximum absolute atomic E-state index is 11.3. The molecule has 0 aromatic rings. The number of hydrogen-bond acceptors (Lipinski definition) is 3. The number of aliphatic hydroxyl groups is 1.